The van der Waals surface area contributed by atoms with Gasteiger partial charge < -0.3 is 14.8 Å². The minimum absolute atomic E-state index is 0.299. The summed E-state index contributed by atoms with van der Waals surface area (Å²) in [6.45, 7) is 4.54. The van der Waals surface area contributed by atoms with Crippen LogP contribution in [0.5, 0.6) is 5.19 Å². The number of carbonyl (C=O) groups excluding carboxylic acids is 1. The maximum Gasteiger partial charge on any atom is 0.414 e. The molecular formula is C15H16N4O3S2. The highest BCUT2D eigenvalue weighted by atomic mass is 32.2. The Balaban J connectivity index is 1.50. The number of hydrogen-bond donors (Lipinski definition) is 1. The molecule has 1 fully saturated rings. The second-order valence-corrected chi connectivity index (χ2v) is 6.92. The van der Waals surface area contributed by atoms with Gasteiger partial charge in [0.25, 0.3) is 5.19 Å². The predicted molar refractivity (Wildman–Crippen MR) is 92.4 cm³/mol. The van der Waals surface area contributed by atoms with Crippen molar-refractivity contribution < 1.29 is 14.3 Å². The van der Waals surface area contributed by atoms with Crippen molar-refractivity contribution in [2.24, 2.45) is 0 Å². The SMILES string of the molecule is N#CSc1ccc2nc(OC(=O)NCCN3CCOCC3)sc2c1. The molecule has 0 bridgehead atoms. The first kappa shape index (κ1) is 17.0. The molecule has 1 amide bonds. The number of hydrogen-bond acceptors (Lipinski definition) is 8. The molecule has 0 spiro atoms. The summed E-state index contributed by atoms with van der Waals surface area (Å²) < 4.78 is 11.4. The normalized spacial score (nSPS) is 15.1. The Labute approximate surface area is 147 Å². The van der Waals surface area contributed by atoms with Gasteiger partial charge >= 0.3 is 6.09 Å². The van der Waals surface area contributed by atoms with Crippen LogP contribution in [0.25, 0.3) is 10.2 Å². The summed E-state index contributed by atoms with van der Waals surface area (Å²) in [5.41, 5.74) is 0.749. The predicted octanol–water partition coefficient (Wildman–Crippen LogP) is 2.29. The monoisotopic (exact) mass is 364 g/mol. The Bertz CT molecular complexity index is 753. The fourth-order valence-electron chi connectivity index (χ4n) is 2.30. The van der Waals surface area contributed by atoms with E-state index in [4.69, 9.17) is 14.7 Å². The number of nitrogens with one attached hydrogen (secondary N) is 1. The Kier molecular flexibility index (Phi) is 5.87. The zero-order valence-electron chi connectivity index (χ0n) is 12.9. The van der Waals surface area contributed by atoms with Crippen LogP contribution in [0.4, 0.5) is 4.79 Å². The molecule has 24 heavy (non-hydrogen) atoms. The number of nitriles is 1. The van der Waals surface area contributed by atoms with Gasteiger partial charge in [-0.25, -0.2) is 9.78 Å². The van der Waals surface area contributed by atoms with E-state index in [2.05, 4.69) is 15.2 Å². The Morgan fingerprint density at radius 2 is 2.33 bits per heavy atom. The van der Waals surface area contributed by atoms with E-state index in [9.17, 15) is 4.79 Å². The smallest absolute Gasteiger partial charge is 0.381 e. The molecular weight excluding hydrogens is 348 g/mol. The molecule has 0 unspecified atom stereocenters. The zero-order valence-corrected chi connectivity index (χ0v) is 14.5. The van der Waals surface area contributed by atoms with Gasteiger partial charge in [0.15, 0.2) is 0 Å². The number of rotatable bonds is 5. The molecule has 1 aliphatic rings. The molecule has 1 saturated heterocycles. The number of carbonyl (C=O) groups is 1. The van der Waals surface area contributed by atoms with Crippen LogP contribution < -0.4 is 10.1 Å². The number of benzene rings is 1. The highest BCUT2D eigenvalue weighted by molar-refractivity contribution is 8.03. The average Bonchev–Trinajstić information content (AvgIpc) is 2.97. The number of nitrogens with zero attached hydrogens (tertiary/aromatic N) is 3. The molecule has 2 heterocycles. The number of thiazole rings is 1. The lowest BCUT2D eigenvalue weighted by Crippen LogP contribution is -2.41. The van der Waals surface area contributed by atoms with E-state index in [1.165, 1.54) is 11.3 Å². The van der Waals surface area contributed by atoms with Gasteiger partial charge in [-0.1, -0.05) is 11.3 Å². The third kappa shape index (κ3) is 4.58. The van der Waals surface area contributed by atoms with E-state index in [1.807, 2.05) is 23.6 Å². The van der Waals surface area contributed by atoms with Crippen LogP contribution in [0.3, 0.4) is 0 Å². The molecule has 1 N–H and O–H groups in total. The Hall–Kier alpha value is -1.86. The molecule has 1 aromatic heterocycles. The fourth-order valence-corrected chi connectivity index (χ4v) is 3.65. The minimum atomic E-state index is -0.506. The first-order valence-electron chi connectivity index (χ1n) is 7.47. The number of thioether (sulfide) groups is 1. The number of amides is 1. The quantitative estimate of drug-likeness (QED) is 0.643. The first-order chi connectivity index (χ1) is 11.7. The van der Waals surface area contributed by atoms with Crippen molar-refractivity contribution in [2.75, 3.05) is 39.4 Å². The van der Waals surface area contributed by atoms with E-state index in [1.54, 1.807) is 0 Å². The summed E-state index contributed by atoms with van der Waals surface area (Å²) in [5.74, 6) is 0. The molecule has 3 rings (SSSR count). The number of ether oxygens (including phenoxy) is 2. The van der Waals surface area contributed by atoms with Crippen molar-refractivity contribution in [1.29, 1.82) is 5.26 Å². The van der Waals surface area contributed by atoms with E-state index >= 15 is 0 Å². The van der Waals surface area contributed by atoms with Crippen molar-refractivity contribution in [2.45, 2.75) is 4.90 Å². The lowest BCUT2D eigenvalue weighted by molar-refractivity contribution is 0.0385. The standard InChI is InChI=1S/C15H16N4O3S2/c16-10-23-11-1-2-12-13(9-11)24-15(18-12)22-14(20)17-3-4-19-5-7-21-8-6-19/h1-2,9H,3-8H2,(H,17,20). The van der Waals surface area contributed by atoms with Crippen molar-refractivity contribution in [3.8, 4) is 10.6 Å². The summed E-state index contributed by atoms with van der Waals surface area (Å²) in [7, 11) is 0. The first-order valence-corrected chi connectivity index (χ1v) is 9.10. The van der Waals surface area contributed by atoms with Crippen LogP contribution in [-0.2, 0) is 4.74 Å². The van der Waals surface area contributed by atoms with Crippen LogP contribution in [0.15, 0.2) is 23.1 Å². The molecule has 9 heteroatoms. The third-order valence-corrected chi connectivity index (χ3v) is 4.96. The molecule has 0 radical (unpaired) electrons. The Morgan fingerprint density at radius 1 is 1.50 bits per heavy atom. The second-order valence-electron chi connectivity index (χ2n) is 5.07. The highest BCUT2D eigenvalue weighted by Crippen LogP contribution is 2.31. The lowest BCUT2D eigenvalue weighted by atomic mass is 10.3. The molecule has 7 nitrogen and oxygen atoms in total. The van der Waals surface area contributed by atoms with Gasteiger partial charge in [-0.05, 0) is 30.0 Å². The minimum Gasteiger partial charge on any atom is -0.381 e. The van der Waals surface area contributed by atoms with E-state index in [-0.39, 0.29) is 0 Å². The molecule has 0 aliphatic carbocycles. The molecule has 126 valence electrons. The van der Waals surface area contributed by atoms with Crippen molar-refractivity contribution in [3.05, 3.63) is 18.2 Å². The number of aromatic nitrogens is 1. The summed E-state index contributed by atoms with van der Waals surface area (Å²) >= 11 is 2.37. The summed E-state index contributed by atoms with van der Waals surface area (Å²) in [4.78, 5) is 19.2. The number of thiocyanates is 1. The van der Waals surface area contributed by atoms with Crippen LogP contribution in [0.2, 0.25) is 0 Å². The summed E-state index contributed by atoms with van der Waals surface area (Å²) in [6.07, 6.45) is -0.506. The van der Waals surface area contributed by atoms with Crippen molar-refractivity contribution >= 4 is 39.4 Å². The van der Waals surface area contributed by atoms with Crippen LogP contribution in [-0.4, -0.2) is 55.4 Å². The van der Waals surface area contributed by atoms with Gasteiger partial charge in [-0.2, -0.15) is 5.26 Å². The van der Waals surface area contributed by atoms with Gasteiger partial charge in [0.2, 0.25) is 0 Å². The highest BCUT2D eigenvalue weighted by Gasteiger charge is 2.13. The van der Waals surface area contributed by atoms with Gasteiger partial charge in [-0.15, -0.1) is 0 Å². The van der Waals surface area contributed by atoms with Crippen LogP contribution in [0, 0.1) is 10.7 Å². The zero-order chi connectivity index (χ0) is 16.8. The summed E-state index contributed by atoms with van der Waals surface area (Å²) in [5, 5.41) is 13.8. The van der Waals surface area contributed by atoms with E-state index < -0.39 is 6.09 Å². The van der Waals surface area contributed by atoms with E-state index in [0.717, 1.165) is 59.7 Å². The van der Waals surface area contributed by atoms with Gasteiger partial charge in [0.05, 0.1) is 23.4 Å². The molecule has 0 atom stereocenters. The Morgan fingerprint density at radius 3 is 3.12 bits per heavy atom. The molecule has 1 aromatic carbocycles. The molecule has 1 aliphatic heterocycles. The summed E-state index contributed by atoms with van der Waals surface area (Å²) in [6, 6.07) is 5.50. The fraction of sp³-hybridized carbons (Fsp3) is 0.400. The number of morpholine rings is 1. The van der Waals surface area contributed by atoms with E-state index in [0.29, 0.717) is 11.7 Å². The van der Waals surface area contributed by atoms with Gasteiger partial charge in [0.1, 0.15) is 5.40 Å². The van der Waals surface area contributed by atoms with Crippen molar-refractivity contribution in [3.63, 3.8) is 0 Å². The van der Waals surface area contributed by atoms with Crippen molar-refractivity contribution in [1.82, 2.24) is 15.2 Å². The van der Waals surface area contributed by atoms with Crippen LogP contribution in [0.1, 0.15) is 0 Å². The van der Waals surface area contributed by atoms with Crippen LogP contribution >= 0.6 is 23.1 Å². The lowest BCUT2D eigenvalue weighted by Gasteiger charge is -2.26. The molecule has 2 aromatic rings. The maximum absolute atomic E-state index is 11.8. The third-order valence-electron chi connectivity index (χ3n) is 3.48. The van der Waals surface area contributed by atoms with Gasteiger partial charge in [-0.3, -0.25) is 4.90 Å². The topological polar surface area (TPSA) is 87.5 Å². The largest absolute Gasteiger partial charge is 0.414 e. The maximum atomic E-state index is 11.8. The van der Waals surface area contributed by atoms with Gasteiger partial charge in [0, 0.05) is 31.1 Å². The average molecular weight is 364 g/mol. The second kappa shape index (κ2) is 8.30. The molecule has 0 saturated carbocycles. The number of fused-ring (bicyclic) bond motifs is 1.